The topological polar surface area (TPSA) is 128 Å². The number of benzene rings is 2. The number of hydrogen-bond acceptors (Lipinski definition) is 6. The first kappa shape index (κ1) is 19.2. The molecule has 10 heteroatoms. The highest BCUT2D eigenvalue weighted by Crippen LogP contribution is 2.24. The Morgan fingerprint density at radius 3 is 2.54 bits per heavy atom. The monoisotopic (exact) mass is 379 g/mol. The highest BCUT2D eigenvalue weighted by molar-refractivity contribution is 7.92. The van der Waals surface area contributed by atoms with Crippen molar-refractivity contribution in [1.82, 2.24) is 5.32 Å². The lowest BCUT2D eigenvalue weighted by atomic mass is 10.1. The third-order valence-electron chi connectivity index (χ3n) is 3.39. The number of hydrogen-bond donors (Lipinski definition) is 2. The number of nitro groups is 1. The lowest BCUT2D eigenvalue weighted by Gasteiger charge is -2.12. The summed E-state index contributed by atoms with van der Waals surface area (Å²) in [5.74, 6) is -0.393. The van der Waals surface area contributed by atoms with E-state index in [1.165, 1.54) is 19.2 Å². The van der Waals surface area contributed by atoms with E-state index in [4.69, 9.17) is 4.74 Å². The van der Waals surface area contributed by atoms with Crippen LogP contribution in [0.25, 0.3) is 0 Å². The summed E-state index contributed by atoms with van der Waals surface area (Å²) in [5, 5.41) is 13.5. The molecule has 0 radical (unpaired) electrons. The van der Waals surface area contributed by atoms with Crippen LogP contribution in [-0.4, -0.2) is 32.6 Å². The van der Waals surface area contributed by atoms with Gasteiger partial charge in [0.25, 0.3) is 11.6 Å². The molecule has 0 saturated carbocycles. The number of amides is 1. The van der Waals surface area contributed by atoms with Gasteiger partial charge in [0, 0.05) is 18.7 Å². The summed E-state index contributed by atoms with van der Waals surface area (Å²) >= 11 is 0. The number of nitrogens with one attached hydrogen (secondary N) is 2. The first-order valence-electron chi connectivity index (χ1n) is 7.37. The molecule has 2 aromatic rings. The molecule has 0 bridgehead atoms. The molecule has 26 heavy (non-hydrogen) atoms. The second-order valence-corrected chi connectivity index (χ2v) is 7.10. The fourth-order valence-electron chi connectivity index (χ4n) is 2.23. The Morgan fingerprint density at radius 1 is 1.23 bits per heavy atom. The molecule has 0 aliphatic carbocycles. The third-order valence-corrected chi connectivity index (χ3v) is 3.98. The Kier molecular flexibility index (Phi) is 5.78. The number of sulfonamides is 1. The van der Waals surface area contributed by atoms with Crippen LogP contribution in [-0.2, 0) is 16.6 Å². The maximum Gasteiger partial charge on any atom is 0.270 e. The molecule has 0 heterocycles. The Bertz CT molecular complexity index is 943. The van der Waals surface area contributed by atoms with Crippen LogP contribution in [0.1, 0.15) is 15.9 Å². The Morgan fingerprint density at radius 2 is 1.92 bits per heavy atom. The van der Waals surface area contributed by atoms with Crippen molar-refractivity contribution in [2.45, 2.75) is 6.54 Å². The first-order valence-corrected chi connectivity index (χ1v) is 9.26. The van der Waals surface area contributed by atoms with Crippen LogP contribution < -0.4 is 14.8 Å². The van der Waals surface area contributed by atoms with Gasteiger partial charge in [-0.1, -0.05) is 18.2 Å². The van der Waals surface area contributed by atoms with Crippen molar-refractivity contribution in [1.29, 1.82) is 0 Å². The lowest BCUT2D eigenvalue weighted by Crippen LogP contribution is -2.24. The van der Waals surface area contributed by atoms with Crippen molar-refractivity contribution in [3.05, 3.63) is 63.7 Å². The van der Waals surface area contributed by atoms with Crippen LogP contribution in [0.15, 0.2) is 42.5 Å². The molecular weight excluding hydrogens is 362 g/mol. The molecule has 0 unspecified atom stereocenters. The minimum Gasteiger partial charge on any atom is -0.496 e. The van der Waals surface area contributed by atoms with E-state index in [1.54, 1.807) is 24.3 Å². The van der Waals surface area contributed by atoms with Gasteiger partial charge in [0.2, 0.25) is 10.0 Å². The van der Waals surface area contributed by atoms with Crippen LogP contribution in [0.3, 0.4) is 0 Å². The highest BCUT2D eigenvalue weighted by Gasteiger charge is 2.18. The van der Waals surface area contributed by atoms with Gasteiger partial charge in [-0.05, 0) is 17.7 Å². The summed E-state index contributed by atoms with van der Waals surface area (Å²) in [5.41, 5.74) is 0.641. The number of ether oxygens (including phenoxy) is 1. The van der Waals surface area contributed by atoms with Crippen molar-refractivity contribution >= 4 is 27.3 Å². The summed E-state index contributed by atoms with van der Waals surface area (Å²) in [4.78, 5) is 22.7. The van der Waals surface area contributed by atoms with Crippen molar-refractivity contribution in [3.63, 3.8) is 0 Å². The van der Waals surface area contributed by atoms with Crippen molar-refractivity contribution in [3.8, 4) is 5.75 Å². The van der Waals surface area contributed by atoms with E-state index in [2.05, 4.69) is 10.0 Å². The molecule has 138 valence electrons. The fraction of sp³-hybridized carbons (Fsp3) is 0.188. The van der Waals surface area contributed by atoms with Gasteiger partial charge in [0.05, 0.1) is 29.5 Å². The average molecular weight is 379 g/mol. The smallest absolute Gasteiger partial charge is 0.270 e. The average Bonchev–Trinajstić information content (AvgIpc) is 2.58. The summed E-state index contributed by atoms with van der Waals surface area (Å²) in [6, 6.07) is 10.3. The summed E-state index contributed by atoms with van der Waals surface area (Å²) in [6.07, 6.45) is 1.02. The standard InChI is InChI=1S/C16H17N3O6S/c1-25-15-8-7-12(19(21)22)9-13(15)16(20)17-10-11-5-3-4-6-14(11)18-26(2,23)24/h3-9,18H,10H2,1-2H3,(H,17,20). The number of nitrogens with zero attached hydrogens (tertiary/aromatic N) is 1. The van der Waals surface area contributed by atoms with Gasteiger partial charge < -0.3 is 10.1 Å². The lowest BCUT2D eigenvalue weighted by molar-refractivity contribution is -0.384. The largest absolute Gasteiger partial charge is 0.496 e. The molecule has 0 fully saturated rings. The van der Waals surface area contributed by atoms with Crippen LogP contribution in [0.4, 0.5) is 11.4 Å². The zero-order valence-electron chi connectivity index (χ0n) is 14.1. The maximum atomic E-state index is 12.4. The SMILES string of the molecule is COc1ccc([N+](=O)[O-])cc1C(=O)NCc1ccccc1NS(C)(=O)=O. The van der Waals surface area contributed by atoms with Crippen LogP contribution >= 0.6 is 0 Å². The molecule has 2 rings (SSSR count). The van der Waals surface area contributed by atoms with Gasteiger partial charge in [-0.2, -0.15) is 0 Å². The van der Waals surface area contributed by atoms with Crippen LogP contribution in [0.5, 0.6) is 5.75 Å². The maximum absolute atomic E-state index is 12.4. The summed E-state index contributed by atoms with van der Waals surface area (Å²) in [7, 11) is -2.12. The predicted octanol–water partition coefficient (Wildman–Crippen LogP) is 1.90. The van der Waals surface area contributed by atoms with Gasteiger partial charge in [0.1, 0.15) is 5.75 Å². The van der Waals surface area contributed by atoms with Gasteiger partial charge >= 0.3 is 0 Å². The van der Waals surface area contributed by atoms with E-state index in [9.17, 15) is 23.3 Å². The number of methoxy groups -OCH3 is 1. The first-order chi connectivity index (χ1) is 12.2. The van der Waals surface area contributed by atoms with Crippen LogP contribution in [0.2, 0.25) is 0 Å². The Hall–Kier alpha value is -3.14. The molecule has 0 atom stereocenters. The van der Waals surface area contributed by atoms with E-state index in [0.717, 1.165) is 12.3 Å². The number of anilines is 1. The molecule has 0 saturated heterocycles. The second kappa shape index (κ2) is 7.83. The van der Waals surface area contributed by atoms with Gasteiger partial charge in [-0.3, -0.25) is 19.6 Å². The molecule has 0 spiro atoms. The van der Waals surface area contributed by atoms with Crippen molar-refractivity contribution in [2.24, 2.45) is 0 Å². The van der Waals surface area contributed by atoms with E-state index < -0.39 is 20.9 Å². The summed E-state index contributed by atoms with van der Waals surface area (Å²) < 4.78 is 30.3. The van der Waals surface area contributed by atoms with E-state index in [-0.39, 0.29) is 23.5 Å². The number of carbonyl (C=O) groups excluding carboxylic acids is 1. The van der Waals surface area contributed by atoms with Crippen molar-refractivity contribution < 1.29 is 22.9 Å². The van der Waals surface area contributed by atoms with Gasteiger partial charge in [0.15, 0.2) is 0 Å². The molecule has 2 aromatic carbocycles. The van der Waals surface area contributed by atoms with Crippen LogP contribution in [0, 0.1) is 10.1 Å². The zero-order valence-corrected chi connectivity index (χ0v) is 14.9. The number of non-ortho nitro benzene ring substituents is 1. The molecule has 9 nitrogen and oxygen atoms in total. The van der Waals surface area contributed by atoms with Gasteiger partial charge in [-0.15, -0.1) is 0 Å². The van der Waals surface area contributed by atoms with E-state index in [0.29, 0.717) is 11.3 Å². The normalized spacial score (nSPS) is 10.8. The third kappa shape index (κ3) is 4.93. The molecule has 1 amide bonds. The van der Waals surface area contributed by atoms with Gasteiger partial charge in [-0.25, -0.2) is 8.42 Å². The quantitative estimate of drug-likeness (QED) is 0.559. The Balaban J connectivity index is 2.22. The zero-order chi connectivity index (χ0) is 19.3. The highest BCUT2D eigenvalue weighted by atomic mass is 32.2. The number of carbonyl (C=O) groups is 1. The number of rotatable bonds is 7. The molecule has 2 N–H and O–H groups in total. The van der Waals surface area contributed by atoms with E-state index >= 15 is 0 Å². The number of nitro benzene ring substituents is 1. The van der Waals surface area contributed by atoms with E-state index in [1.807, 2.05) is 0 Å². The summed E-state index contributed by atoms with van der Waals surface area (Å²) in [6.45, 7) is 0.0172. The molecule has 0 aromatic heterocycles. The predicted molar refractivity (Wildman–Crippen MR) is 95.7 cm³/mol. The fourth-order valence-corrected chi connectivity index (χ4v) is 2.83. The molecule has 0 aliphatic rings. The second-order valence-electron chi connectivity index (χ2n) is 5.36. The molecular formula is C16H17N3O6S. The minimum absolute atomic E-state index is 0.00949. The minimum atomic E-state index is -3.47. The van der Waals surface area contributed by atoms with Crippen molar-refractivity contribution in [2.75, 3.05) is 18.1 Å². The molecule has 0 aliphatic heterocycles. The Labute approximate surface area is 150 Å². The number of para-hydroxylation sites is 1.